The fourth-order valence-electron chi connectivity index (χ4n) is 2.12. The van der Waals surface area contributed by atoms with E-state index in [-0.39, 0.29) is 12.3 Å². The van der Waals surface area contributed by atoms with Crippen LogP contribution in [0.5, 0.6) is 5.75 Å². The van der Waals surface area contributed by atoms with E-state index in [0.717, 1.165) is 16.6 Å². The first-order valence-corrected chi connectivity index (χ1v) is 7.99. The number of fused-ring (bicyclic) bond motifs is 1. The summed E-state index contributed by atoms with van der Waals surface area (Å²) in [6.07, 6.45) is 0. The minimum absolute atomic E-state index is 0.274. The number of ether oxygens (including phenoxy) is 2. The normalized spacial score (nSPS) is 10.6. The zero-order valence-corrected chi connectivity index (χ0v) is 13.9. The molecule has 0 fully saturated rings. The molecule has 7 nitrogen and oxygen atoms in total. The Kier molecular flexibility index (Phi) is 4.48. The van der Waals surface area contributed by atoms with Crippen LogP contribution in [-0.2, 0) is 9.53 Å². The van der Waals surface area contributed by atoms with Crippen molar-refractivity contribution in [1.29, 1.82) is 0 Å². The number of nitrogens with one attached hydrogen (secondary N) is 2. The Morgan fingerprint density at radius 1 is 1.33 bits per heavy atom. The first kappa shape index (κ1) is 16.0. The van der Waals surface area contributed by atoms with E-state index in [1.807, 2.05) is 18.4 Å². The summed E-state index contributed by atoms with van der Waals surface area (Å²) in [5, 5.41) is 5.73. The van der Waals surface area contributed by atoms with Crippen molar-refractivity contribution in [3.8, 4) is 5.75 Å². The molecule has 124 valence electrons. The molecule has 2 N–H and O–H groups in total. The Hall–Kier alpha value is -2.87. The molecule has 0 spiro atoms. The second kappa shape index (κ2) is 6.71. The van der Waals surface area contributed by atoms with Crippen LogP contribution >= 0.6 is 11.3 Å². The van der Waals surface area contributed by atoms with Crippen molar-refractivity contribution in [2.75, 3.05) is 19.0 Å². The summed E-state index contributed by atoms with van der Waals surface area (Å²) in [4.78, 5) is 30.9. The summed E-state index contributed by atoms with van der Waals surface area (Å²) >= 11 is 1.31. The smallest absolute Gasteiger partial charge is 0.355 e. The number of anilines is 1. The maximum atomic E-state index is 12.1. The number of carbonyl (C=O) groups is 2. The van der Waals surface area contributed by atoms with Gasteiger partial charge in [0, 0.05) is 22.3 Å². The van der Waals surface area contributed by atoms with Gasteiger partial charge in [-0.2, -0.15) is 0 Å². The van der Waals surface area contributed by atoms with Crippen molar-refractivity contribution in [2.24, 2.45) is 0 Å². The highest BCUT2D eigenvalue weighted by Gasteiger charge is 2.14. The molecule has 1 amide bonds. The van der Waals surface area contributed by atoms with Crippen molar-refractivity contribution in [3.05, 3.63) is 41.0 Å². The third kappa shape index (κ3) is 3.54. The van der Waals surface area contributed by atoms with Gasteiger partial charge in [-0.3, -0.25) is 10.1 Å². The summed E-state index contributed by atoms with van der Waals surface area (Å²) in [7, 11) is 1.57. The predicted molar refractivity (Wildman–Crippen MR) is 90.6 cm³/mol. The maximum Gasteiger partial charge on any atom is 0.355 e. The lowest BCUT2D eigenvalue weighted by atomic mass is 10.2. The first-order valence-electron chi connectivity index (χ1n) is 7.11. The fourth-order valence-corrected chi connectivity index (χ4v) is 2.82. The van der Waals surface area contributed by atoms with Crippen LogP contribution in [0.1, 0.15) is 16.2 Å². The molecule has 0 atom stereocenters. The van der Waals surface area contributed by atoms with Gasteiger partial charge >= 0.3 is 5.97 Å². The standard InChI is InChI=1S/C16H15N3O4S/c1-9-8-24-16(17-9)19-14(20)7-23-15(21)13-5-10-3-4-11(22-2)6-12(10)18-13/h3-6,8,18H,7H2,1-2H3,(H,17,19,20). The number of carbonyl (C=O) groups excluding carboxylic acids is 2. The molecule has 8 heteroatoms. The molecule has 0 bridgehead atoms. The number of methoxy groups -OCH3 is 1. The van der Waals surface area contributed by atoms with Crippen LogP contribution in [0.3, 0.4) is 0 Å². The number of amides is 1. The van der Waals surface area contributed by atoms with Crippen LogP contribution in [0.25, 0.3) is 10.9 Å². The third-order valence-electron chi connectivity index (χ3n) is 3.25. The van der Waals surface area contributed by atoms with Crippen LogP contribution in [0.4, 0.5) is 5.13 Å². The van der Waals surface area contributed by atoms with Crippen LogP contribution in [0.2, 0.25) is 0 Å². The van der Waals surface area contributed by atoms with E-state index in [2.05, 4.69) is 15.3 Å². The topological polar surface area (TPSA) is 93.3 Å². The van der Waals surface area contributed by atoms with Crippen molar-refractivity contribution in [1.82, 2.24) is 9.97 Å². The minimum Gasteiger partial charge on any atom is -0.497 e. The molecule has 24 heavy (non-hydrogen) atoms. The molecule has 0 aliphatic heterocycles. The van der Waals surface area contributed by atoms with Crippen LogP contribution < -0.4 is 10.1 Å². The Morgan fingerprint density at radius 2 is 2.17 bits per heavy atom. The molecule has 0 saturated carbocycles. The second-order valence-electron chi connectivity index (χ2n) is 5.05. The molecular formula is C16H15N3O4S. The van der Waals surface area contributed by atoms with Gasteiger partial charge in [0.05, 0.1) is 12.8 Å². The largest absolute Gasteiger partial charge is 0.497 e. The Bertz CT molecular complexity index is 900. The summed E-state index contributed by atoms with van der Waals surface area (Å²) in [5.41, 5.74) is 1.85. The number of aromatic amines is 1. The van der Waals surface area contributed by atoms with Gasteiger partial charge in [0.25, 0.3) is 5.91 Å². The highest BCUT2D eigenvalue weighted by Crippen LogP contribution is 2.21. The number of hydrogen-bond acceptors (Lipinski definition) is 6. The van der Waals surface area contributed by atoms with Crippen molar-refractivity contribution in [3.63, 3.8) is 0 Å². The second-order valence-corrected chi connectivity index (χ2v) is 5.91. The van der Waals surface area contributed by atoms with E-state index in [9.17, 15) is 9.59 Å². The lowest BCUT2D eigenvalue weighted by Gasteiger charge is -2.03. The lowest BCUT2D eigenvalue weighted by Crippen LogP contribution is -2.21. The number of benzene rings is 1. The van der Waals surface area contributed by atoms with E-state index in [4.69, 9.17) is 9.47 Å². The van der Waals surface area contributed by atoms with Gasteiger partial charge < -0.3 is 14.5 Å². The molecule has 0 saturated heterocycles. The van der Waals surface area contributed by atoms with Crippen LogP contribution in [0.15, 0.2) is 29.6 Å². The number of aryl methyl sites for hydroxylation is 1. The monoisotopic (exact) mass is 345 g/mol. The average Bonchev–Trinajstić information content (AvgIpc) is 3.17. The number of H-pyrrole nitrogens is 1. The summed E-state index contributed by atoms with van der Waals surface area (Å²) in [5.74, 6) is -0.353. The van der Waals surface area contributed by atoms with Gasteiger partial charge in [-0.05, 0) is 25.1 Å². The number of nitrogens with zero attached hydrogens (tertiary/aromatic N) is 1. The Labute approximate surface area is 141 Å². The van der Waals surface area contributed by atoms with Gasteiger partial charge in [0.2, 0.25) is 0 Å². The molecule has 0 unspecified atom stereocenters. The number of esters is 1. The SMILES string of the molecule is COc1ccc2cc(C(=O)OCC(=O)Nc3nc(C)cs3)[nH]c2c1. The zero-order chi connectivity index (χ0) is 17.1. The van der Waals surface area contributed by atoms with Gasteiger partial charge in [-0.1, -0.05) is 0 Å². The van der Waals surface area contributed by atoms with Crippen molar-refractivity contribution >= 4 is 39.2 Å². The molecule has 2 aromatic heterocycles. The Balaban J connectivity index is 1.61. The van der Waals surface area contributed by atoms with Gasteiger partial charge in [0.15, 0.2) is 11.7 Å². The molecule has 2 heterocycles. The van der Waals surface area contributed by atoms with Crippen LogP contribution in [0, 0.1) is 6.92 Å². The van der Waals surface area contributed by atoms with Crippen molar-refractivity contribution in [2.45, 2.75) is 6.92 Å². The predicted octanol–water partition coefficient (Wildman–Crippen LogP) is 2.74. The quantitative estimate of drug-likeness (QED) is 0.694. The molecule has 0 radical (unpaired) electrons. The van der Waals surface area contributed by atoms with Crippen LogP contribution in [-0.4, -0.2) is 35.6 Å². The number of rotatable bonds is 5. The summed E-state index contributed by atoms with van der Waals surface area (Å²) in [6.45, 7) is 1.45. The molecule has 0 aliphatic carbocycles. The maximum absolute atomic E-state index is 12.1. The van der Waals surface area contributed by atoms with E-state index in [1.54, 1.807) is 25.3 Å². The van der Waals surface area contributed by atoms with E-state index in [1.165, 1.54) is 11.3 Å². The van der Waals surface area contributed by atoms with Crippen molar-refractivity contribution < 1.29 is 19.1 Å². The van der Waals surface area contributed by atoms with Gasteiger partial charge in [0.1, 0.15) is 11.4 Å². The molecule has 1 aromatic carbocycles. The highest BCUT2D eigenvalue weighted by molar-refractivity contribution is 7.13. The van der Waals surface area contributed by atoms with E-state index < -0.39 is 11.9 Å². The molecule has 3 aromatic rings. The first-order chi connectivity index (χ1) is 11.5. The molecule has 3 rings (SSSR count). The zero-order valence-electron chi connectivity index (χ0n) is 13.1. The lowest BCUT2D eigenvalue weighted by molar-refractivity contribution is -0.119. The fraction of sp³-hybridized carbons (Fsp3) is 0.188. The molecule has 0 aliphatic rings. The minimum atomic E-state index is -0.601. The van der Waals surface area contributed by atoms with E-state index >= 15 is 0 Å². The third-order valence-corrected chi connectivity index (χ3v) is 4.12. The Morgan fingerprint density at radius 3 is 2.88 bits per heavy atom. The summed E-state index contributed by atoms with van der Waals surface area (Å²) in [6, 6.07) is 7.08. The number of hydrogen-bond donors (Lipinski definition) is 2. The van der Waals surface area contributed by atoms with Gasteiger partial charge in [-0.25, -0.2) is 9.78 Å². The van der Waals surface area contributed by atoms with E-state index in [0.29, 0.717) is 10.9 Å². The average molecular weight is 345 g/mol. The number of aromatic nitrogens is 2. The highest BCUT2D eigenvalue weighted by atomic mass is 32.1. The summed E-state index contributed by atoms with van der Waals surface area (Å²) < 4.78 is 10.2. The molecular weight excluding hydrogens is 330 g/mol. The van der Waals surface area contributed by atoms with Gasteiger partial charge in [-0.15, -0.1) is 11.3 Å². The number of thiazole rings is 1.